The van der Waals surface area contributed by atoms with E-state index >= 15 is 0 Å². The zero-order valence-corrected chi connectivity index (χ0v) is 10.00. The van der Waals surface area contributed by atoms with Crippen molar-refractivity contribution in [2.45, 2.75) is 19.6 Å². The molecule has 3 heterocycles. The molecule has 2 aromatic heterocycles. The van der Waals surface area contributed by atoms with Gasteiger partial charge in [-0.1, -0.05) is 0 Å². The molecule has 17 heavy (non-hydrogen) atoms. The third-order valence-electron chi connectivity index (χ3n) is 2.93. The molecule has 6 heteroatoms. The fourth-order valence-electron chi connectivity index (χ4n) is 2.11. The van der Waals surface area contributed by atoms with E-state index in [4.69, 9.17) is 9.84 Å². The third-order valence-corrected chi connectivity index (χ3v) is 4.05. The second-order valence-electron chi connectivity index (χ2n) is 3.95. The molecule has 0 spiro atoms. The first-order valence-corrected chi connectivity index (χ1v) is 6.31. The largest absolute Gasteiger partial charge is 0.395 e. The molecule has 0 atom stereocenters. The summed E-state index contributed by atoms with van der Waals surface area (Å²) in [6, 6.07) is 0. The number of hydrogen-bond donors (Lipinski definition) is 1. The number of aromatic nitrogens is 2. The fourth-order valence-corrected chi connectivity index (χ4v) is 3.23. The summed E-state index contributed by atoms with van der Waals surface area (Å²) in [7, 11) is 0. The first-order chi connectivity index (χ1) is 8.31. The quantitative estimate of drug-likeness (QED) is 0.846. The van der Waals surface area contributed by atoms with Crippen molar-refractivity contribution >= 4 is 21.6 Å². The Labute approximate surface area is 101 Å². The molecule has 0 saturated carbocycles. The highest BCUT2D eigenvalue weighted by Crippen LogP contribution is 2.30. The number of aliphatic hydroxyl groups is 1. The molecule has 0 bridgehead atoms. The maximum Gasteiger partial charge on any atom is 0.262 e. The maximum atomic E-state index is 12.2. The highest BCUT2D eigenvalue weighted by molar-refractivity contribution is 7.18. The smallest absolute Gasteiger partial charge is 0.262 e. The van der Waals surface area contributed by atoms with Gasteiger partial charge in [-0.05, 0) is 12.0 Å². The first-order valence-electron chi connectivity index (χ1n) is 5.49. The van der Waals surface area contributed by atoms with Gasteiger partial charge in [-0.2, -0.15) is 0 Å². The van der Waals surface area contributed by atoms with Gasteiger partial charge in [-0.3, -0.25) is 9.36 Å². The normalized spacial score (nSPS) is 15.1. The lowest BCUT2D eigenvalue weighted by Gasteiger charge is -2.11. The van der Waals surface area contributed by atoms with Crippen LogP contribution in [0.15, 0.2) is 11.1 Å². The molecule has 1 aliphatic rings. The van der Waals surface area contributed by atoms with Crippen LogP contribution >= 0.6 is 11.3 Å². The number of aliphatic hydroxyl groups excluding tert-OH is 1. The van der Waals surface area contributed by atoms with Crippen molar-refractivity contribution < 1.29 is 9.84 Å². The number of hydrogen-bond acceptors (Lipinski definition) is 5. The van der Waals surface area contributed by atoms with Gasteiger partial charge in [0.05, 0.1) is 38.1 Å². The molecule has 0 amide bonds. The standard InChI is InChI=1S/C11H12N2O3S/c14-3-2-13-6-12-10-9(11(13)15)7-1-4-16-5-8(7)17-10/h6,14H,1-5H2. The highest BCUT2D eigenvalue weighted by Gasteiger charge is 2.20. The number of ether oxygens (including phenoxy) is 1. The van der Waals surface area contributed by atoms with E-state index in [1.165, 1.54) is 22.2 Å². The molecule has 0 unspecified atom stereocenters. The van der Waals surface area contributed by atoms with Crippen molar-refractivity contribution in [3.8, 4) is 0 Å². The van der Waals surface area contributed by atoms with Crippen LogP contribution in [0.2, 0.25) is 0 Å². The first kappa shape index (κ1) is 10.9. The van der Waals surface area contributed by atoms with Crippen LogP contribution < -0.4 is 5.56 Å². The van der Waals surface area contributed by atoms with Gasteiger partial charge >= 0.3 is 0 Å². The lowest BCUT2D eigenvalue weighted by Crippen LogP contribution is -2.22. The molecule has 3 rings (SSSR count). The van der Waals surface area contributed by atoms with Crippen LogP contribution in [-0.4, -0.2) is 27.9 Å². The Morgan fingerprint density at radius 2 is 2.47 bits per heavy atom. The number of thiophene rings is 1. The van der Waals surface area contributed by atoms with Crippen LogP contribution in [0.5, 0.6) is 0 Å². The van der Waals surface area contributed by atoms with Gasteiger partial charge in [0.25, 0.3) is 5.56 Å². The van der Waals surface area contributed by atoms with Crippen LogP contribution in [0.4, 0.5) is 0 Å². The molecule has 90 valence electrons. The summed E-state index contributed by atoms with van der Waals surface area (Å²) < 4.78 is 6.84. The fraction of sp³-hybridized carbons (Fsp3) is 0.455. The molecular weight excluding hydrogens is 240 g/mol. The van der Waals surface area contributed by atoms with Crippen LogP contribution in [0.25, 0.3) is 10.2 Å². The molecule has 2 aromatic rings. The Kier molecular flexibility index (Phi) is 2.70. The Hall–Kier alpha value is -1.24. The van der Waals surface area contributed by atoms with Gasteiger partial charge in [-0.15, -0.1) is 11.3 Å². The van der Waals surface area contributed by atoms with E-state index in [-0.39, 0.29) is 12.2 Å². The van der Waals surface area contributed by atoms with E-state index in [2.05, 4.69) is 4.98 Å². The lowest BCUT2D eigenvalue weighted by atomic mass is 10.1. The van der Waals surface area contributed by atoms with Gasteiger partial charge in [0.1, 0.15) is 4.83 Å². The Bertz CT molecular complexity index is 617. The second kappa shape index (κ2) is 4.21. The second-order valence-corrected chi connectivity index (χ2v) is 5.04. The summed E-state index contributed by atoms with van der Waals surface area (Å²) >= 11 is 1.53. The highest BCUT2D eigenvalue weighted by atomic mass is 32.1. The lowest BCUT2D eigenvalue weighted by molar-refractivity contribution is 0.114. The minimum absolute atomic E-state index is 0.0524. The number of fused-ring (bicyclic) bond motifs is 3. The van der Waals surface area contributed by atoms with Crippen LogP contribution in [0.1, 0.15) is 10.4 Å². The zero-order chi connectivity index (χ0) is 11.8. The molecular formula is C11H12N2O3S. The molecule has 5 nitrogen and oxygen atoms in total. The van der Waals surface area contributed by atoms with Gasteiger partial charge in [0.2, 0.25) is 0 Å². The Morgan fingerprint density at radius 3 is 3.29 bits per heavy atom. The Balaban J connectivity index is 2.27. The minimum Gasteiger partial charge on any atom is -0.395 e. The van der Waals surface area contributed by atoms with Crippen LogP contribution in [0.3, 0.4) is 0 Å². The topological polar surface area (TPSA) is 64.4 Å². The molecule has 1 aliphatic heterocycles. The van der Waals surface area contributed by atoms with E-state index in [0.717, 1.165) is 21.7 Å². The molecule has 0 radical (unpaired) electrons. The molecule has 0 aromatic carbocycles. The third kappa shape index (κ3) is 1.69. The van der Waals surface area contributed by atoms with Crippen molar-refractivity contribution in [2.75, 3.05) is 13.2 Å². The van der Waals surface area contributed by atoms with Crippen molar-refractivity contribution in [2.24, 2.45) is 0 Å². The summed E-state index contributed by atoms with van der Waals surface area (Å²) in [6.07, 6.45) is 2.28. The summed E-state index contributed by atoms with van der Waals surface area (Å²) in [6.45, 7) is 1.48. The minimum atomic E-state index is -0.0530. The average molecular weight is 252 g/mol. The summed E-state index contributed by atoms with van der Waals surface area (Å²) in [5.41, 5.74) is 1.03. The van der Waals surface area contributed by atoms with Crippen molar-refractivity contribution in [1.82, 2.24) is 9.55 Å². The number of rotatable bonds is 2. The van der Waals surface area contributed by atoms with Gasteiger partial charge < -0.3 is 9.84 Å². The van der Waals surface area contributed by atoms with E-state index in [1.807, 2.05) is 0 Å². The summed E-state index contributed by atoms with van der Waals surface area (Å²) in [4.78, 5) is 18.4. The molecule has 0 fully saturated rings. The van der Waals surface area contributed by atoms with Crippen LogP contribution in [-0.2, 0) is 24.3 Å². The van der Waals surface area contributed by atoms with Crippen molar-refractivity contribution in [3.63, 3.8) is 0 Å². The SMILES string of the molecule is O=c1c2c3c(sc2ncn1CCO)COCC3. The Morgan fingerprint density at radius 1 is 1.59 bits per heavy atom. The maximum absolute atomic E-state index is 12.2. The monoisotopic (exact) mass is 252 g/mol. The van der Waals surface area contributed by atoms with E-state index < -0.39 is 0 Å². The van der Waals surface area contributed by atoms with Crippen LogP contribution in [0, 0.1) is 0 Å². The molecule has 0 saturated heterocycles. The van der Waals surface area contributed by atoms with E-state index in [9.17, 15) is 4.79 Å². The average Bonchev–Trinajstić information content (AvgIpc) is 2.72. The number of nitrogens with zero attached hydrogens (tertiary/aromatic N) is 2. The van der Waals surface area contributed by atoms with Gasteiger partial charge in [0, 0.05) is 4.88 Å². The summed E-state index contributed by atoms with van der Waals surface area (Å²) in [5.74, 6) is 0. The predicted molar refractivity (Wildman–Crippen MR) is 64.3 cm³/mol. The zero-order valence-electron chi connectivity index (χ0n) is 9.18. The molecule has 1 N–H and O–H groups in total. The van der Waals surface area contributed by atoms with Gasteiger partial charge in [-0.25, -0.2) is 4.98 Å². The summed E-state index contributed by atoms with van der Waals surface area (Å²) in [5, 5.41) is 9.61. The predicted octanol–water partition coefficient (Wildman–Crippen LogP) is 0.523. The molecule has 0 aliphatic carbocycles. The van der Waals surface area contributed by atoms with Crippen molar-refractivity contribution in [3.05, 3.63) is 27.1 Å². The van der Waals surface area contributed by atoms with E-state index in [1.54, 1.807) is 0 Å². The van der Waals surface area contributed by atoms with Gasteiger partial charge in [0.15, 0.2) is 0 Å². The van der Waals surface area contributed by atoms with Crippen molar-refractivity contribution in [1.29, 1.82) is 0 Å². The van der Waals surface area contributed by atoms with E-state index in [0.29, 0.717) is 25.1 Å².